The highest BCUT2D eigenvalue weighted by molar-refractivity contribution is 5.80. The molecule has 0 aliphatic carbocycles. The summed E-state index contributed by atoms with van der Waals surface area (Å²) in [6.45, 7) is 5.52. The van der Waals surface area contributed by atoms with E-state index in [0.29, 0.717) is 17.7 Å². The molecule has 5 heteroatoms. The molecule has 2 aliphatic rings. The standard InChI is InChI=1S/C23H26FN3O/c1-15(27-11-5-2-6-12-27)22-18-8-4-3-7-17(18)20(14-25-22)23-19-10-9-16(24)13-21(19)28-26-23/h3-4,7-10,13,15,20,22,25H,2,5-6,11-12,14H2,1H3. The molecule has 146 valence electrons. The lowest BCUT2D eigenvalue weighted by molar-refractivity contribution is 0.138. The number of fused-ring (bicyclic) bond motifs is 2. The van der Waals surface area contributed by atoms with E-state index in [4.69, 9.17) is 4.52 Å². The van der Waals surface area contributed by atoms with Crippen molar-refractivity contribution in [2.75, 3.05) is 19.6 Å². The van der Waals surface area contributed by atoms with Crippen LogP contribution in [0.25, 0.3) is 11.0 Å². The maximum atomic E-state index is 13.5. The van der Waals surface area contributed by atoms with Crippen molar-refractivity contribution in [2.24, 2.45) is 0 Å². The van der Waals surface area contributed by atoms with Gasteiger partial charge in [-0.3, -0.25) is 4.90 Å². The van der Waals surface area contributed by atoms with Gasteiger partial charge in [-0.15, -0.1) is 0 Å². The molecule has 0 saturated carbocycles. The largest absolute Gasteiger partial charge is 0.356 e. The van der Waals surface area contributed by atoms with Gasteiger partial charge in [-0.2, -0.15) is 0 Å². The van der Waals surface area contributed by atoms with E-state index in [9.17, 15) is 4.39 Å². The molecule has 1 saturated heterocycles. The molecular weight excluding hydrogens is 353 g/mol. The number of halogens is 1. The number of hydrogen-bond donors (Lipinski definition) is 1. The molecule has 0 spiro atoms. The molecule has 5 rings (SSSR count). The van der Waals surface area contributed by atoms with Gasteiger partial charge >= 0.3 is 0 Å². The maximum absolute atomic E-state index is 13.5. The Kier molecular flexibility index (Phi) is 4.65. The molecule has 2 aromatic carbocycles. The van der Waals surface area contributed by atoms with E-state index >= 15 is 0 Å². The third-order valence-electron chi connectivity index (χ3n) is 6.49. The predicted molar refractivity (Wildman–Crippen MR) is 108 cm³/mol. The Bertz CT molecular complexity index is 979. The smallest absolute Gasteiger partial charge is 0.170 e. The second-order valence-electron chi connectivity index (χ2n) is 8.11. The Morgan fingerprint density at radius 2 is 1.89 bits per heavy atom. The molecule has 1 fully saturated rings. The van der Waals surface area contributed by atoms with Crippen LogP contribution in [0, 0.1) is 5.82 Å². The summed E-state index contributed by atoms with van der Waals surface area (Å²) in [4.78, 5) is 2.62. The van der Waals surface area contributed by atoms with Crippen molar-refractivity contribution < 1.29 is 8.91 Å². The third-order valence-corrected chi connectivity index (χ3v) is 6.49. The number of rotatable bonds is 3. The van der Waals surface area contributed by atoms with Gasteiger partial charge in [0.2, 0.25) is 0 Å². The lowest BCUT2D eigenvalue weighted by Gasteiger charge is -2.41. The number of hydrogen-bond acceptors (Lipinski definition) is 4. The van der Waals surface area contributed by atoms with Crippen LogP contribution in [0.5, 0.6) is 0 Å². The lowest BCUT2D eigenvalue weighted by atomic mass is 9.81. The zero-order chi connectivity index (χ0) is 19.1. The molecule has 0 bridgehead atoms. The summed E-state index contributed by atoms with van der Waals surface area (Å²) >= 11 is 0. The van der Waals surface area contributed by atoms with Crippen LogP contribution in [-0.2, 0) is 0 Å². The van der Waals surface area contributed by atoms with Crippen molar-refractivity contribution >= 4 is 11.0 Å². The highest BCUT2D eigenvalue weighted by atomic mass is 19.1. The minimum Gasteiger partial charge on any atom is -0.356 e. The first-order chi connectivity index (χ1) is 13.7. The molecule has 0 amide bonds. The van der Waals surface area contributed by atoms with E-state index < -0.39 is 0 Å². The van der Waals surface area contributed by atoms with Crippen LogP contribution >= 0.6 is 0 Å². The normalized spacial score (nSPS) is 24.2. The van der Waals surface area contributed by atoms with E-state index in [2.05, 4.69) is 46.6 Å². The lowest BCUT2D eigenvalue weighted by Crippen LogP contribution is -2.48. The Labute approximate surface area is 164 Å². The monoisotopic (exact) mass is 379 g/mol. The SMILES string of the molecule is CC(C1NCC(c2noc3cc(F)ccc23)c2ccccc21)N1CCCCC1. The second-order valence-corrected chi connectivity index (χ2v) is 8.11. The Hall–Kier alpha value is -2.24. The Morgan fingerprint density at radius 3 is 2.71 bits per heavy atom. The van der Waals surface area contributed by atoms with Crippen molar-refractivity contribution in [3.05, 3.63) is 65.1 Å². The van der Waals surface area contributed by atoms with Crippen molar-refractivity contribution in [3.8, 4) is 0 Å². The number of nitrogens with zero attached hydrogens (tertiary/aromatic N) is 2. The van der Waals surface area contributed by atoms with Gasteiger partial charge in [0.15, 0.2) is 5.58 Å². The van der Waals surface area contributed by atoms with Crippen LogP contribution in [0.15, 0.2) is 47.0 Å². The molecular formula is C23H26FN3O. The van der Waals surface area contributed by atoms with Gasteiger partial charge in [-0.25, -0.2) is 4.39 Å². The van der Waals surface area contributed by atoms with Crippen LogP contribution in [0.3, 0.4) is 0 Å². The quantitative estimate of drug-likeness (QED) is 0.721. The number of likely N-dealkylation sites (tertiary alicyclic amines) is 1. The number of nitrogens with one attached hydrogen (secondary N) is 1. The topological polar surface area (TPSA) is 41.3 Å². The van der Waals surface area contributed by atoms with Crippen LogP contribution in [-0.4, -0.2) is 35.7 Å². The van der Waals surface area contributed by atoms with Crippen LogP contribution in [0.2, 0.25) is 0 Å². The fourth-order valence-corrected chi connectivity index (χ4v) is 4.97. The summed E-state index contributed by atoms with van der Waals surface area (Å²) < 4.78 is 19.0. The summed E-state index contributed by atoms with van der Waals surface area (Å²) in [5.74, 6) is -0.194. The molecule has 1 N–H and O–H groups in total. The first-order valence-electron chi connectivity index (χ1n) is 10.3. The predicted octanol–water partition coefficient (Wildman–Crippen LogP) is 4.62. The van der Waals surface area contributed by atoms with Crippen molar-refractivity contribution in [2.45, 2.75) is 44.2 Å². The Morgan fingerprint density at radius 1 is 1.11 bits per heavy atom. The zero-order valence-corrected chi connectivity index (χ0v) is 16.2. The number of piperidine rings is 1. The molecule has 4 nitrogen and oxygen atoms in total. The molecule has 3 aromatic rings. The van der Waals surface area contributed by atoms with E-state index in [1.54, 1.807) is 6.07 Å². The molecule has 28 heavy (non-hydrogen) atoms. The van der Waals surface area contributed by atoms with Gasteiger partial charge in [-0.05, 0) is 56.1 Å². The van der Waals surface area contributed by atoms with Crippen LogP contribution in [0.4, 0.5) is 4.39 Å². The maximum Gasteiger partial charge on any atom is 0.170 e. The van der Waals surface area contributed by atoms with E-state index in [1.807, 2.05) is 0 Å². The van der Waals surface area contributed by atoms with Crippen molar-refractivity contribution in [1.29, 1.82) is 0 Å². The third kappa shape index (κ3) is 3.03. The molecule has 0 radical (unpaired) electrons. The summed E-state index contributed by atoms with van der Waals surface area (Å²) in [5.41, 5.74) is 4.04. The summed E-state index contributed by atoms with van der Waals surface area (Å²) in [6, 6.07) is 14.1. The molecule has 3 unspecified atom stereocenters. The summed E-state index contributed by atoms with van der Waals surface area (Å²) in [7, 11) is 0. The number of benzene rings is 2. The second kappa shape index (κ2) is 7.30. The van der Waals surface area contributed by atoms with E-state index in [0.717, 1.165) is 17.6 Å². The van der Waals surface area contributed by atoms with Gasteiger partial charge in [0.05, 0.1) is 0 Å². The number of aromatic nitrogens is 1. The highest BCUT2D eigenvalue weighted by Crippen LogP contribution is 2.39. The fraction of sp³-hybridized carbons (Fsp3) is 0.435. The Balaban J connectivity index is 1.51. The minimum atomic E-state index is -0.298. The highest BCUT2D eigenvalue weighted by Gasteiger charge is 2.35. The average molecular weight is 379 g/mol. The van der Waals surface area contributed by atoms with E-state index in [-0.39, 0.29) is 11.7 Å². The van der Waals surface area contributed by atoms with Gasteiger partial charge < -0.3 is 9.84 Å². The first kappa shape index (κ1) is 17.8. The zero-order valence-electron chi connectivity index (χ0n) is 16.2. The van der Waals surface area contributed by atoms with Crippen molar-refractivity contribution in [3.63, 3.8) is 0 Å². The fourth-order valence-electron chi connectivity index (χ4n) is 4.97. The molecule has 1 aromatic heterocycles. The summed E-state index contributed by atoms with van der Waals surface area (Å²) in [5, 5.41) is 9.01. The van der Waals surface area contributed by atoms with E-state index in [1.165, 1.54) is 55.6 Å². The van der Waals surface area contributed by atoms with Gasteiger partial charge in [0.25, 0.3) is 0 Å². The summed E-state index contributed by atoms with van der Waals surface area (Å²) in [6.07, 6.45) is 3.94. The molecule has 3 atom stereocenters. The van der Waals surface area contributed by atoms with Crippen LogP contribution < -0.4 is 5.32 Å². The first-order valence-corrected chi connectivity index (χ1v) is 10.3. The minimum absolute atomic E-state index is 0.104. The van der Waals surface area contributed by atoms with Gasteiger partial charge in [0, 0.05) is 36.0 Å². The van der Waals surface area contributed by atoms with Gasteiger partial charge in [0.1, 0.15) is 11.5 Å². The average Bonchev–Trinajstić information content (AvgIpc) is 3.16. The van der Waals surface area contributed by atoms with Crippen LogP contribution in [0.1, 0.15) is 55.0 Å². The molecule has 2 aliphatic heterocycles. The van der Waals surface area contributed by atoms with Crippen molar-refractivity contribution in [1.82, 2.24) is 15.4 Å². The van der Waals surface area contributed by atoms with Gasteiger partial charge in [-0.1, -0.05) is 35.8 Å². The molecule has 3 heterocycles.